The highest BCUT2D eigenvalue weighted by Crippen LogP contribution is 2.25. The topological polar surface area (TPSA) is 45.5 Å². The first-order chi connectivity index (χ1) is 11.6. The van der Waals surface area contributed by atoms with Crippen LogP contribution in [0, 0.1) is 17.5 Å². The van der Waals surface area contributed by atoms with E-state index in [1.807, 2.05) is 6.07 Å². The third-order valence-electron chi connectivity index (χ3n) is 4.19. The van der Waals surface area contributed by atoms with Crippen LogP contribution in [0.25, 0.3) is 0 Å². The van der Waals surface area contributed by atoms with Gasteiger partial charge in [-0.15, -0.1) is 0 Å². The molecule has 0 radical (unpaired) electrons. The fraction of sp³-hybridized carbons (Fsp3) is 0.353. The molecule has 1 amide bonds. The second-order valence-corrected chi connectivity index (χ2v) is 5.71. The molecule has 1 N–H and O–H groups in total. The molecule has 1 aliphatic heterocycles. The van der Waals surface area contributed by atoms with Gasteiger partial charge in [-0.2, -0.15) is 0 Å². The molecule has 0 aliphatic carbocycles. The van der Waals surface area contributed by atoms with E-state index in [0.717, 1.165) is 38.1 Å². The van der Waals surface area contributed by atoms with E-state index in [-0.39, 0.29) is 12.6 Å². The highest BCUT2D eigenvalue weighted by Gasteiger charge is 2.27. The molecule has 1 aromatic carbocycles. The van der Waals surface area contributed by atoms with Crippen molar-refractivity contribution in [2.24, 2.45) is 0 Å². The number of benzene rings is 1. The lowest BCUT2D eigenvalue weighted by molar-refractivity contribution is 0.0928. The van der Waals surface area contributed by atoms with E-state index in [2.05, 4.69) is 10.2 Å². The van der Waals surface area contributed by atoms with Crippen molar-refractivity contribution in [2.45, 2.75) is 18.9 Å². The molecular formula is C17H17F3N2O2. The number of hydrogen-bond donors (Lipinski definition) is 1. The van der Waals surface area contributed by atoms with Crippen LogP contribution < -0.4 is 5.32 Å². The molecule has 1 unspecified atom stereocenters. The van der Waals surface area contributed by atoms with Crippen molar-refractivity contribution < 1.29 is 22.4 Å². The molecule has 0 spiro atoms. The molecule has 1 fully saturated rings. The van der Waals surface area contributed by atoms with Crippen LogP contribution in [0.5, 0.6) is 0 Å². The summed E-state index contributed by atoms with van der Waals surface area (Å²) in [5, 5.41) is 2.58. The van der Waals surface area contributed by atoms with E-state index in [9.17, 15) is 18.0 Å². The van der Waals surface area contributed by atoms with Crippen LogP contribution in [-0.4, -0.2) is 30.4 Å². The van der Waals surface area contributed by atoms with E-state index in [0.29, 0.717) is 5.76 Å². The highest BCUT2D eigenvalue weighted by atomic mass is 19.2. The summed E-state index contributed by atoms with van der Waals surface area (Å²) < 4.78 is 45.4. The molecule has 1 aliphatic rings. The molecule has 2 aromatic rings. The molecule has 7 heteroatoms. The van der Waals surface area contributed by atoms with E-state index >= 15 is 0 Å². The van der Waals surface area contributed by atoms with Crippen LogP contribution >= 0.6 is 0 Å². The Labute approximate surface area is 137 Å². The standard InChI is InChI=1S/C17H17F3N2O2/c18-12-6-5-11(15(19)16(12)20)17(23)21-10-13(14-4-3-9-24-14)22-7-1-2-8-22/h3-6,9,13H,1-2,7-8,10H2,(H,21,23). The Morgan fingerprint density at radius 2 is 1.92 bits per heavy atom. The number of hydrogen-bond acceptors (Lipinski definition) is 3. The fourth-order valence-corrected chi connectivity index (χ4v) is 2.93. The zero-order valence-corrected chi connectivity index (χ0v) is 12.9. The van der Waals surface area contributed by atoms with Crippen LogP contribution in [0.15, 0.2) is 34.9 Å². The average molecular weight is 338 g/mol. The largest absolute Gasteiger partial charge is 0.468 e. The zero-order chi connectivity index (χ0) is 17.1. The van der Waals surface area contributed by atoms with Gasteiger partial charge in [0.15, 0.2) is 17.5 Å². The van der Waals surface area contributed by atoms with Crippen molar-refractivity contribution in [3.63, 3.8) is 0 Å². The van der Waals surface area contributed by atoms with Gasteiger partial charge in [-0.25, -0.2) is 13.2 Å². The average Bonchev–Trinajstić information content (AvgIpc) is 3.27. The molecular weight excluding hydrogens is 321 g/mol. The Morgan fingerprint density at radius 3 is 2.58 bits per heavy atom. The fourth-order valence-electron chi connectivity index (χ4n) is 2.93. The van der Waals surface area contributed by atoms with Crippen molar-refractivity contribution in [1.29, 1.82) is 0 Å². The lowest BCUT2D eigenvalue weighted by Crippen LogP contribution is -2.37. The summed E-state index contributed by atoms with van der Waals surface area (Å²) in [6, 6.07) is 5.06. The van der Waals surface area contributed by atoms with E-state index < -0.39 is 28.9 Å². The van der Waals surface area contributed by atoms with Crippen molar-refractivity contribution in [3.05, 3.63) is 59.3 Å². The number of likely N-dealkylation sites (tertiary alicyclic amines) is 1. The summed E-state index contributed by atoms with van der Waals surface area (Å²) >= 11 is 0. The zero-order valence-electron chi connectivity index (χ0n) is 12.9. The Bertz CT molecular complexity index is 713. The molecule has 0 bridgehead atoms. The number of amides is 1. The number of furan rings is 1. The highest BCUT2D eigenvalue weighted by molar-refractivity contribution is 5.94. The summed E-state index contributed by atoms with van der Waals surface area (Å²) in [5.41, 5.74) is -0.520. The van der Waals surface area contributed by atoms with Gasteiger partial charge in [0, 0.05) is 6.54 Å². The predicted octanol–water partition coefficient (Wildman–Crippen LogP) is 3.26. The van der Waals surface area contributed by atoms with Crippen molar-refractivity contribution in [3.8, 4) is 0 Å². The second-order valence-electron chi connectivity index (χ2n) is 5.71. The quantitative estimate of drug-likeness (QED) is 0.851. The second kappa shape index (κ2) is 7.09. The Kier molecular flexibility index (Phi) is 4.89. The van der Waals surface area contributed by atoms with Crippen LogP contribution in [0.1, 0.15) is 35.0 Å². The molecule has 24 heavy (non-hydrogen) atoms. The van der Waals surface area contributed by atoms with Crippen molar-refractivity contribution in [1.82, 2.24) is 10.2 Å². The first-order valence-electron chi connectivity index (χ1n) is 7.77. The van der Waals surface area contributed by atoms with Gasteiger partial charge in [-0.3, -0.25) is 9.69 Å². The maximum absolute atomic E-state index is 13.7. The smallest absolute Gasteiger partial charge is 0.254 e. The Morgan fingerprint density at radius 1 is 1.17 bits per heavy atom. The molecule has 1 aromatic heterocycles. The van der Waals surface area contributed by atoms with Gasteiger partial charge in [-0.05, 0) is 50.2 Å². The summed E-state index contributed by atoms with van der Waals surface area (Å²) in [6.45, 7) is 1.94. The summed E-state index contributed by atoms with van der Waals surface area (Å²) in [5.74, 6) is -4.55. The van der Waals surface area contributed by atoms with Gasteiger partial charge >= 0.3 is 0 Å². The van der Waals surface area contributed by atoms with Crippen LogP contribution in [0.2, 0.25) is 0 Å². The van der Waals surface area contributed by atoms with Crippen molar-refractivity contribution >= 4 is 5.91 Å². The van der Waals surface area contributed by atoms with E-state index in [4.69, 9.17) is 4.42 Å². The van der Waals surface area contributed by atoms with Gasteiger partial charge in [-0.1, -0.05) is 0 Å². The normalized spacial score (nSPS) is 16.3. The minimum atomic E-state index is -1.65. The molecule has 1 atom stereocenters. The summed E-state index contributed by atoms with van der Waals surface area (Å²) in [7, 11) is 0. The first-order valence-corrected chi connectivity index (χ1v) is 7.77. The number of carbonyl (C=O) groups is 1. The first kappa shape index (κ1) is 16.6. The molecule has 0 saturated carbocycles. The molecule has 4 nitrogen and oxygen atoms in total. The summed E-state index contributed by atoms with van der Waals surface area (Å²) in [4.78, 5) is 14.3. The Balaban J connectivity index is 1.72. The molecule has 2 heterocycles. The lowest BCUT2D eigenvalue weighted by atomic mass is 10.1. The van der Waals surface area contributed by atoms with Gasteiger partial charge in [0.25, 0.3) is 5.91 Å². The SMILES string of the molecule is O=C(NCC(c1ccco1)N1CCCC1)c1ccc(F)c(F)c1F. The maximum atomic E-state index is 13.7. The minimum absolute atomic E-state index is 0.181. The third kappa shape index (κ3) is 3.31. The predicted molar refractivity (Wildman–Crippen MR) is 80.9 cm³/mol. The van der Waals surface area contributed by atoms with Gasteiger partial charge in [0.2, 0.25) is 0 Å². The molecule has 128 valence electrons. The lowest BCUT2D eigenvalue weighted by Gasteiger charge is -2.26. The van der Waals surface area contributed by atoms with E-state index in [1.54, 1.807) is 12.3 Å². The van der Waals surface area contributed by atoms with Crippen molar-refractivity contribution in [2.75, 3.05) is 19.6 Å². The number of halogens is 3. The number of rotatable bonds is 5. The van der Waals surface area contributed by atoms with Crippen LogP contribution in [0.3, 0.4) is 0 Å². The number of carbonyl (C=O) groups excluding carboxylic acids is 1. The summed E-state index contributed by atoms with van der Waals surface area (Å²) in [6.07, 6.45) is 3.67. The number of nitrogens with zero attached hydrogens (tertiary/aromatic N) is 1. The Hall–Kier alpha value is -2.28. The maximum Gasteiger partial charge on any atom is 0.254 e. The van der Waals surface area contributed by atoms with Gasteiger partial charge in [0.1, 0.15) is 5.76 Å². The van der Waals surface area contributed by atoms with Crippen LogP contribution in [-0.2, 0) is 0 Å². The van der Waals surface area contributed by atoms with E-state index in [1.165, 1.54) is 0 Å². The third-order valence-corrected chi connectivity index (χ3v) is 4.19. The number of nitrogens with one attached hydrogen (secondary N) is 1. The van der Waals surface area contributed by atoms with Gasteiger partial charge < -0.3 is 9.73 Å². The van der Waals surface area contributed by atoms with Gasteiger partial charge in [0.05, 0.1) is 17.9 Å². The molecule has 1 saturated heterocycles. The molecule has 3 rings (SSSR count). The van der Waals surface area contributed by atoms with Crippen LogP contribution in [0.4, 0.5) is 13.2 Å². The monoisotopic (exact) mass is 338 g/mol. The minimum Gasteiger partial charge on any atom is -0.468 e.